The first-order valence-corrected chi connectivity index (χ1v) is 9.22. The lowest BCUT2D eigenvalue weighted by atomic mass is 10.1. The molecule has 0 unspecified atom stereocenters. The Labute approximate surface area is 148 Å². The Morgan fingerprint density at radius 3 is 2.75 bits per heavy atom. The summed E-state index contributed by atoms with van der Waals surface area (Å²) in [7, 11) is 2.02. The molecule has 6 heteroatoms. The molecule has 24 heavy (non-hydrogen) atoms. The number of benzene rings is 1. The van der Waals surface area contributed by atoms with E-state index in [0.717, 1.165) is 43.4 Å². The molecule has 2 aliphatic rings. The monoisotopic (exact) mass is 345 g/mol. The van der Waals surface area contributed by atoms with E-state index in [-0.39, 0.29) is 0 Å². The van der Waals surface area contributed by atoms with Crippen LogP contribution in [0.5, 0.6) is 0 Å². The summed E-state index contributed by atoms with van der Waals surface area (Å²) in [5.74, 6) is 1.06. The molecule has 0 spiro atoms. The van der Waals surface area contributed by atoms with Gasteiger partial charge in [0, 0.05) is 43.0 Å². The second-order valence-electron chi connectivity index (χ2n) is 6.86. The van der Waals surface area contributed by atoms with Gasteiger partial charge in [0.25, 0.3) is 0 Å². The van der Waals surface area contributed by atoms with Crippen LogP contribution in [-0.4, -0.2) is 39.3 Å². The maximum Gasteiger partial charge on any atom is 0.149 e. The second-order valence-corrected chi connectivity index (χ2v) is 7.27. The van der Waals surface area contributed by atoms with Crippen molar-refractivity contribution in [2.45, 2.75) is 38.3 Å². The highest BCUT2D eigenvalue weighted by Crippen LogP contribution is 2.36. The molecule has 0 N–H and O–H groups in total. The summed E-state index contributed by atoms with van der Waals surface area (Å²) in [5, 5.41) is 9.28. The summed E-state index contributed by atoms with van der Waals surface area (Å²) in [5.41, 5.74) is 2.57. The highest BCUT2D eigenvalue weighted by atomic mass is 35.5. The molecule has 4 rings (SSSR count). The Bertz CT molecular complexity index is 707. The summed E-state index contributed by atoms with van der Waals surface area (Å²) in [6.45, 7) is 4.24. The first-order valence-electron chi connectivity index (χ1n) is 8.84. The van der Waals surface area contributed by atoms with Gasteiger partial charge >= 0.3 is 0 Å². The third-order valence-corrected chi connectivity index (χ3v) is 5.66. The Morgan fingerprint density at radius 2 is 2.00 bits per heavy atom. The first kappa shape index (κ1) is 15.9. The van der Waals surface area contributed by atoms with Gasteiger partial charge in [-0.2, -0.15) is 0 Å². The number of hydrogen-bond donors (Lipinski definition) is 0. The van der Waals surface area contributed by atoms with E-state index in [4.69, 9.17) is 11.6 Å². The van der Waals surface area contributed by atoms with Crippen LogP contribution in [0.25, 0.3) is 0 Å². The molecule has 2 aliphatic heterocycles. The molecule has 0 radical (unpaired) electrons. The molecule has 0 aliphatic carbocycles. The normalized spacial score (nSPS) is 21.8. The van der Waals surface area contributed by atoms with Crippen LogP contribution >= 0.6 is 11.6 Å². The van der Waals surface area contributed by atoms with Crippen molar-refractivity contribution in [3.05, 3.63) is 40.9 Å². The van der Waals surface area contributed by atoms with Crippen LogP contribution < -0.4 is 4.90 Å². The van der Waals surface area contributed by atoms with Gasteiger partial charge < -0.3 is 9.47 Å². The molecular weight excluding hydrogens is 322 g/mol. The van der Waals surface area contributed by atoms with Crippen LogP contribution in [0.3, 0.4) is 0 Å². The molecular formula is C18H24ClN5. The zero-order valence-corrected chi connectivity index (χ0v) is 14.9. The molecule has 2 aromatic rings. The standard InChI is InChI=1S/C18H24ClN5/c1-22-13-20-21-18(22)17-8-5-11-24(17)12-14-15(19)6-4-7-16(14)23-9-2-3-10-23/h4,6-7,13,17H,2-3,5,8-12H2,1H3/t17-/m1/s1. The van der Waals surface area contributed by atoms with E-state index in [2.05, 4.69) is 32.1 Å². The van der Waals surface area contributed by atoms with E-state index < -0.39 is 0 Å². The largest absolute Gasteiger partial charge is 0.371 e. The van der Waals surface area contributed by atoms with E-state index in [1.165, 1.54) is 30.5 Å². The molecule has 1 aromatic carbocycles. The summed E-state index contributed by atoms with van der Waals surface area (Å²) in [4.78, 5) is 4.99. The summed E-state index contributed by atoms with van der Waals surface area (Å²) < 4.78 is 2.04. The molecule has 0 bridgehead atoms. The van der Waals surface area contributed by atoms with Crippen LogP contribution in [0, 0.1) is 0 Å². The molecule has 2 saturated heterocycles. The minimum Gasteiger partial charge on any atom is -0.371 e. The Kier molecular flexibility index (Phi) is 4.46. The van der Waals surface area contributed by atoms with Gasteiger partial charge in [0.2, 0.25) is 0 Å². The minimum atomic E-state index is 0.334. The van der Waals surface area contributed by atoms with Crippen molar-refractivity contribution in [1.82, 2.24) is 19.7 Å². The molecule has 0 saturated carbocycles. The van der Waals surface area contributed by atoms with Crippen molar-refractivity contribution < 1.29 is 0 Å². The van der Waals surface area contributed by atoms with Gasteiger partial charge in [-0.05, 0) is 44.4 Å². The lowest BCUT2D eigenvalue weighted by Gasteiger charge is -2.28. The smallest absolute Gasteiger partial charge is 0.149 e. The van der Waals surface area contributed by atoms with Crippen molar-refractivity contribution in [1.29, 1.82) is 0 Å². The maximum absolute atomic E-state index is 6.60. The van der Waals surface area contributed by atoms with Crippen LogP contribution in [0.4, 0.5) is 5.69 Å². The van der Waals surface area contributed by atoms with Gasteiger partial charge in [-0.1, -0.05) is 17.7 Å². The van der Waals surface area contributed by atoms with Gasteiger partial charge in [-0.15, -0.1) is 10.2 Å². The van der Waals surface area contributed by atoms with E-state index >= 15 is 0 Å². The zero-order valence-electron chi connectivity index (χ0n) is 14.2. The third kappa shape index (κ3) is 2.91. The molecule has 5 nitrogen and oxygen atoms in total. The average Bonchev–Trinajstić information content (AvgIpc) is 3.31. The Hall–Kier alpha value is -1.59. The van der Waals surface area contributed by atoms with E-state index in [1.807, 2.05) is 17.7 Å². The average molecular weight is 346 g/mol. The van der Waals surface area contributed by atoms with Gasteiger partial charge in [-0.25, -0.2) is 0 Å². The minimum absolute atomic E-state index is 0.334. The molecule has 128 valence electrons. The fourth-order valence-corrected chi connectivity index (χ4v) is 4.29. The van der Waals surface area contributed by atoms with Crippen molar-refractivity contribution in [3.63, 3.8) is 0 Å². The topological polar surface area (TPSA) is 37.2 Å². The first-order chi connectivity index (χ1) is 11.7. The fraction of sp³-hybridized carbons (Fsp3) is 0.556. The predicted molar refractivity (Wildman–Crippen MR) is 96.3 cm³/mol. The fourth-order valence-electron chi connectivity index (χ4n) is 4.06. The zero-order chi connectivity index (χ0) is 16.5. The molecule has 1 aromatic heterocycles. The number of likely N-dealkylation sites (tertiary alicyclic amines) is 1. The van der Waals surface area contributed by atoms with Crippen molar-refractivity contribution in [2.24, 2.45) is 7.05 Å². The number of anilines is 1. The van der Waals surface area contributed by atoms with Crippen molar-refractivity contribution >= 4 is 17.3 Å². The van der Waals surface area contributed by atoms with Crippen LogP contribution in [0.2, 0.25) is 5.02 Å². The quantitative estimate of drug-likeness (QED) is 0.851. The number of rotatable bonds is 4. The Morgan fingerprint density at radius 1 is 1.17 bits per heavy atom. The van der Waals surface area contributed by atoms with E-state index in [1.54, 1.807) is 6.33 Å². The SMILES string of the molecule is Cn1cnnc1[C@H]1CCCN1Cc1c(Cl)cccc1N1CCCC1. The van der Waals surface area contributed by atoms with Gasteiger partial charge in [0.05, 0.1) is 6.04 Å². The summed E-state index contributed by atoms with van der Waals surface area (Å²) in [6, 6.07) is 6.65. The highest BCUT2D eigenvalue weighted by molar-refractivity contribution is 6.31. The summed E-state index contributed by atoms with van der Waals surface area (Å²) in [6.07, 6.45) is 6.67. The second kappa shape index (κ2) is 6.73. The number of aryl methyl sites for hydroxylation is 1. The molecule has 3 heterocycles. The van der Waals surface area contributed by atoms with E-state index in [0.29, 0.717) is 6.04 Å². The lowest BCUT2D eigenvalue weighted by molar-refractivity contribution is 0.236. The summed E-state index contributed by atoms with van der Waals surface area (Å²) >= 11 is 6.60. The van der Waals surface area contributed by atoms with Crippen molar-refractivity contribution in [3.8, 4) is 0 Å². The van der Waals surface area contributed by atoms with Crippen molar-refractivity contribution in [2.75, 3.05) is 24.5 Å². The van der Waals surface area contributed by atoms with Gasteiger partial charge in [-0.3, -0.25) is 4.90 Å². The number of nitrogens with zero attached hydrogens (tertiary/aromatic N) is 5. The third-order valence-electron chi connectivity index (χ3n) is 5.31. The molecule has 0 amide bonds. The molecule has 1 atom stereocenters. The van der Waals surface area contributed by atoms with Crippen LogP contribution in [0.1, 0.15) is 43.1 Å². The van der Waals surface area contributed by atoms with E-state index in [9.17, 15) is 0 Å². The van der Waals surface area contributed by atoms with Crippen LogP contribution in [-0.2, 0) is 13.6 Å². The number of hydrogen-bond acceptors (Lipinski definition) is 4. The predicted octanol–water partition coefficient (Wildman–Crippen LogP) is 3.41. The maximum atomic E-state index is 6.60. The highest BCUT2D eigenvalue weighted by Gasteiger charge is 2.31. The van der Waals surface area contributed by atoms with Gasteiger partial charge in [0.15, 0.2) is 0 Å². The van der Waals surface area contributed by atoms with Crippen LogP contribution in [0.15, 0.2) is 24.5 Å². The number of halogens is 1. The molecule has 2 fully saturated rings. The number of aromatic nitrogens is 3. The lowest BCUT2D eigenvalue weighted by Crippen LogP contribution is -2.27. The van der Waals surface area contributed by atoms with Gasteiger partial charge in [0.1, 0.15) is 12.2 Å². The Balaban J connectivity index is 1.61.